The van der Waals surface area contributed by atoms with Gasteiger partial charge in [0.15, 0.2) is 0 Å². The Hall–Kier alpha value is -2.35. The number of aromatic nitrogens is 2. The van der Waals surface area contributed by atoms with Crippen LogP contribution in [0.25, 0.3) is 11.3 Å². The van der Waals surface area contributed by atoms with Gasteiger partial charge in [-0.1, -0.05) is 6.07 Å². The summed E-state index contributed by atoms with van der Waals surface area (Å²) in [5.74, 6) is 0. The van der Waals surface area contributed by atoms with Crippen molar-refractivity contribution in [2.75, 3.05) is 18.0 Å². The van der Waals surface area contributed by atoms with Crippen molar-refractivity contribution >= 4 is 5.69 Å². The topological polar surface area (TPSA) is 69.2 Å². The second kappa shape index (κ2) is 6.27. The molecule has 1 saturated heterocycles. The van der Waals surface area contributed by atoms with Crippen molar-refractivity contribution in [1.82, 2.24) is 10.2 Å². The molecule has 0 unspecified atom stereocenters. The Morgan fingerprint density at radius 2 is 1.88 bits per heavy atom. The highest BCUT2D eigenvalue weighted by Gasteiger charge is 2.36. The summed E-state index contributed by atoms with van der Waals surface area (Å²) in [6.07, 6.45) is -4.08. The van der Waals surface area contributed by atoms with Gasteiger partial charge in [0, 0.05) is 30.4 Å². The third-order valence-electron chi connectivity index (χ3n) is 4.08. The van der Waals surface area contributed by atoms with Crippen LogP contribution >= 0.6 is 0 Å². The maximum atomic E-state index is 13.5. The predicted molar refractivity (Wildman–Crippen MR) is 82.7 cm³/mol. The summed E-state index contributed by atoms with van der Waals surface area (Å²) in [5, 5.41) is 15.5. The second-order valence-electron chi connectivity index (χ2n) is 5.75. The molecule has 5 nitrogen and oxygen atoms in total. The molecule has 1 aliphatic heterocycles. The molecule has 2 aromatic rings. The van der Waals surface area contributed by atoms with Gasteiger partial charge in [-0.05, 0) is 31.0 Å². The van der Waals surface area contributed by atoms with Crippen molar-refractivity contribution in [3.63, 3.8) is 0 Å². The van der Waals surface area contributed by atoms with E-state index in [1.807, 2.05) is 0 Å². The molecule has 1 aliphatic rings. The first-order valence-electron chi connectivity index (χ1n) is 7.55. The van der Waals surface area contributed by atoms with Gasteiger partial charge < -0.3 is 10.0 Å². The molecule has 128 valence electrons. The summed E-state index contributed by atoms with van der Waals surface area (Å²) in [4.78, 5) is 12.7. The van der Waals surface area contributed by atoms with Crippen LogP contribution in [0.2, 0.25) is 0 Å². The Morgan fingerprint density at radius 1 is 1.17 bits per heavy atom. The summed E-state index contributed by atoms with van der Waals surface area (Å²) in [5.41, 5.74) is -0.523. The second-order valence-corrected chi connectivity index (χ2v) is 5.75. The largest absolute Gasteiger partial charge is 0.418 e. The molecule has 2 N–H and O–H groups in total. The predicted octanol–water partition coefficient (Wildman–Crippen LogP) is 2.42. The summed E-state index contributed by atoms with van der Waals surface area (Å²) >= 11 is 0. The van der Waals surface area contributed by atoms with Gasteiger partial charge in [-0.25, -0.2) is 5.10 Å². The lowest BCUT2D eigenvalue weighted by atomic mass is 10.0. The van der Waals surface area contributed by atoms with E-state index in [0.717, 1.165) is 6.07 Å². The van der Waals surface area contributed by atoms with Gasteiger partial charge in [0.2, 0.25) is 0 Å². The van der Waals surface area contributed by atoms with E-state index in [2.05, 4.69) is 10.2 Å². The Morgan fingerprint density at radius 3 is 2.46 bits per heavy atom. The van der Waals surface area contributed by atoms with Gasteiger partial charge in [0.1, 0.15) is 0 Å². The molecule has 0 spiro atoms. The molecule has 1 aromatic heterocycles. The fourth-order valence-corrected chi connectivity index (χ4v) is 2.81. The third-order valence-corrected chi connectivity index (χ3v) is 4.08. The van der Waals surface area contributed by atoms with Crippen molar-refractivity contribution in [1.29, 1.82) is 0 Å². The van der Waals surface area contributed by atoms with Crippen LogP contribution < -0.4 is 10.5 Å². The van der Waals surface area contributed by atoms with Crippen molar-refractivity contribution in [2.45, 2.75) is 25.1 Å². The maximum absolute atomic E-state index is 13.5. The maximum Gasteiger partial charge on any atom is 0.418 e. The number of hydrogen-bond donors (Lipinski definition) is 2. The first-order chi connectivity index (χ1) is 11.3. The number of nitrogens with one attached hydrogen (secondary N) is 1. The van der Waals surface area contributed by atoms with Crippen LogP contribution in [-0.4, -0.2) is 34.5 Å². The number of aliphatic hydroxyl groups is 1. The molecule has 0 atom stereocenters. The average molecular weight is 339 g/mol. The minimum Gasteiger partial charge on any atom is -0.393 e. The van der Waals surface area contributed by atoms with Gasteiger partial charge in [-0.2, -0.15) is 18.3 Å². The summed E-state index contributed by atoms with van der Waals surface area (Å²) in [7, 11) is 0. The monoisotopic (exact) mass is 339 g/mol. The Bertz CT molecular complexity index is 760. The molecule has 1 fully saturated rings. The fraction of sp³-hybridized carbons (Fsp3) is 0.375. The van der Waals surface area contributed by atoms with Gasteiger partial charge in [-0.15, -0.1) is 0 Å². The van der Waals surface area contributed by atoms with E-state index in [0.29, 0.717) is 25.9 Å². The number of benzene rings is 1. The number of aliphatic hydroxyl groups excluding tert-OH is 1. The van der Waals surface area contributed by atoms with Gasteiger partial charge in [0.25, 0.3) is 5.56 Å². The minimum absolute atomic E-state index is 0.0996. The Balaban J connectivity index is 2.01. The van der Waals surface area contributed by atoms with Crippen LogP contribution in [0.15, 0.2) is 35.1 Å². The zero-order valence-electron chi connectivity index (χ0n) is 12.7. The van der Waals surface area contributed by atoms with E-state index in [4.69, 9.17) is 0 Å². The van der Waals surface area contributed by atoms with Crippen LogP contribution in [0.3, 0.4) is 0 Å². The molecular weight excluding hydrogens is 323 g/mol. The molecule has 0 radical (unpaired) electrons. The van der Waals surface area contributed by atoms with E-state index in [1.54, 1.807) is 11.0 Å². The van der Waals surface area contributed by atoms with Crippen LogP contribution in [0.5, 0.6) is 0 Å². The number of alkyl halides is 3. The molecule has 8 heteroatoms. The quantitative estimate of drug-likeness (QED) is 0.882. The van der Waals surface area contributed by atoms with E-state index in [-0.39, 0.29) is 16.9 Å². The minimum atomic E-state index is -4.51. The number of piperidine rings is 1. The lowest BCUT2D eigenvalue weighted by molar-refractivity contribution is -0.137. The number of hydrogen-bond acceptors (Lipinski definition) is 4. The van der Waals surface area contributed by atoms with E-state index in [9.17, 15) is 23.1 Å². The van der Waals surface area contributed by atoms with Crippen LogP contribution in [0, 0.1) is 0 Å². The zero-order valence-corrected chi connectivity index (χ0v) is 12.7. The first-order valence-corrected chi connectivity index (χ1v) is 7.55. The van der Waals surface area contributed by atoms with E-state index >= 15 is 0 Å². The standard InChI is InChI=1S/C16H16F3N3O2/c17-16(18,19)12-9-10(13-2-4-15(24)21-20-13)1-3-14(12)22-7-5-11(23)6-8-22/h1-4,9,11,23H,5-8H2,(H,21,24). The fourth-order valence-electron chi connectivity index (χ4n) is 2.81. The molecule has 24 heavy (non-hydrogen) atoms. The van der Waals surface area contributed by atoms with Crippen molar-refractivity contribution < 1.29 is 18.3 Å². The van der Waals surface area contributed by atoms with Gasteiger partial charge in [-0.3, -0.25) is 4.79 Å². The highest BCUT2D eigenvalue weighted by Crippen LogP contribution is 2.39. The molecule has 0 aliphatic carbocycles. The summed E-state index contributed by atoms with van der Waals surface area (Å²) in [6, 6.07) is 6.61. The smallest absolute Gasteiger partial charge is 0.393 e. The third kappa shape index (κ3) is 3.43. The molecule has 3 rings (SSSR count). The zero-order chi connectivity index (χ0) is 17.3. The number of anilines is 1. The summed E-state index contributed by atoms with van der Waals surface area (Å²) in [6.45, 7) is 0.751. The van der Waals surface area contributed by atoms with E-state index in [1.165, 1.54) is 18.2 Å². The van der Waals surface area contributed by atoms with Crippen molar-refractivity contribution in [3.8, 4) is 11.3 Å². The van der Waals surface area contributed by atoms with Crippen molar-refractivity contribution in [3.05, 3.63) is 46.2 Å². The number of nitrogens with zero attached hydrogens (tertiary/aromatic N) is 2. The molecule has 2 heterocycles. The number of H-pyrrole nitrogens is 1. The first kappa shape index (κ1) is 16.5. The van der Waals surface area contributed by atoms with E-state index < -0.39 is 23.4 Å². The number of halogens is 3. The highest BCUT2D eigenvalue weighted by molar-refractivity contribution is 5.67. The van der Waals surface area contributed by atoms with Gasteiger partial charge in [0.05, 0.1) is 17.4 Å². The molecule has 0 bridgehead atoms. The molecular formula is C16H16F3N3O2. The van der Waals surface area contributed by atoms with Crippen LogP contribution in [-0.2, 0) is 6.18 Å². The highest BCUT2D eigenvalue weighted by atomic mass is 19.4. The number of rotatable bonds is 2. The van der Waals surface area contributed by atoms with Gasteiger partial charge >= 0.3 is 6.18 Å². The molecule has 1 aromatic carbocycles. The normalized spacial score (nSPS) is 16.4. The lowest BCUT2D eigenvalue weighted by Crippen LogP contribution is -2.36. The van der Waals surface area contributed by atoms with Crippen LogP contribution in [0.4, 0.5) is 18.9 Å². The average Bonchev–Trinajstić information content (AvgIpc) is 2.55. The van der Waals surface area contributed by atoms with Crippen LogP contribution in [0.1, 0.15) is 18.4 Å². The molecule has 0 saturated carbocycles. The van der Waals surface area contributed by atoms with Crippen molar-refractivity contribution in [2.24, 2.45) is 0 Å². The Kier molecular flexibility index (Phi) is 4.31. The SMILES string of the molecule is O=c1ccc(-c2ccc(N3CCC(O)CC3)c(C(F)(F)F)c2)n[nH]1. The molecule has 0 amide bonds. The lowest BCUT2D eigenvalue weighted by Gasteiger charge is -2.33. The Labute approximate surface area is 135 Å². The number of aromatic amines is 1. The summed E-state index contributed by atoms with van der Waals surface area (Å²) < 4.78 is 40.5.